The molecule has 5 heteroatoms. The molecule has 1 saturated heterocycles. The quantitative estimate of drug-likeness (QED) is 0.550. The van der Waals surface area contributed by atoms with Crippen molar-refractivity contribution in [1.29, 1.82) is 0 Å². The Labute approximate surface area is 172 Å². The van der Waals surface area contributed by atoms with E-state index >= 15 is 0 Å². The fourth-order valence-electron chi connectivity index (χ4n) is 3.66. The second-order valence-corrected chi connectivity index (χ2v) is 7.53. The Kier molecular flexibility index (Phi) is 7.42. The minimum Gasteiger partial charge on any atom is -0.463 e. The van der Waals surface area contributed by atoms with Crippen molar-refractivity contribution in [2.45, 2.75) is 38.0 Å². The van der Waals surface area contributed by atoms with Crippen molar-refractivity contribution in [2.24, 2.45) is 0 Å². The smallest absolute Gasteiger partial charge is 0.316 e. The lowest BCUT2D eigenvalue weighted by molar-refractivity contribution is -0.154. The van der Waals surface area contributed by atoms with Gasteiger partial charge in [0, 0.05) is 19.6 Å². The molecular weight excluding hydrogens is 366 g/mol. The molecule has 1 heterocycles. The molecule has 154 valence electrons. The molecule has 1 fully saturated rings. The third-order valence-electron chi connectivity index (χ3n) is 5.48. The lowest BCUT2D eigenvalue weighted by atomic mass is 9.74. The van der Waals surface area contributed by atoms with Gasteiger partial charge < -0.3 is 14.8 Å². The second kappa shape index (κ2) is 10.2. The van der Waals surface area contributed by atoms with E-state index < -0.39 is 5.41 Å². The zero-order valence-corrected chi connectivity index (χ0v) is 17.0. The van der Waals surface area contributed by atoms with Crippen molar-refractivity contribution in [1.82, 2.24) is 5.32 Å². The van der Waals surface area contributed by atoms with Gasteiger partial charge in [0.05, 0.1) is 12.0 Å². The number of hydrogen-bond acceptors (Lipinski definition) is 4. The molecule has 0 spiro atoms. The van der Waals surface area contributed by atoms with Gasteiger partial charge in [-0.15, -0.1) is 0 Å². The molecule has 0 radical (unpaired) electrons. The molecule has 1 N–H and O–H groups in total. The maximum Gasteiger partial charge on any atom is 0.316 e. The first-order valence-electron chi connectivity index (χ1n) is 10.2. The summed E-state index contributed by atoms with van der Waals surface area (Å²) in [6.07, 6.45) is 2.34. The van der Waals surface area contributed by atoms with Gasteiger partial charge in [-0.1, -0.05) is 60.2 Å². The highest BCUT2D eigenvalue weighted by Gasteiger charge is 2.43. The Morgan fingerprint density at radius 3 is 2.41 bits per heavy atom. The zero-order valence-electron chi connectivity index (χ0n) is 17.0. The van der Waals surface area contributed by atoms with Gasteiger partial charge in [0.25, 0.3) is 0 Å². The number of ether oxygens (including phenoxy) is 2. The first kappa shape index (κ1) is 21.1. The summed E-state index contributed by atoms with van der Waals surface area (Å²) < 4.78 is 11.0. The van der Waals surface area contributed by atoms with E-state index in [-0.39, 0.29) is 18.5 Å². The average Bonchev–Trinajstić information content (AvgIpc) is 2.77. The second-order valence-electron chi connectivity index (χ2n) is 7.53. The molecule has 0 aliphatic carbocycles. The summed E-state index contributed by atoms with van der Waals surface area (Å²) in [5, 5.41) is 2.83. The molecule has 0 aromatic heterocycles. The number of benzene rings is 2. The fourth-order valence-corrected chi connectivity index (χ4v) is 3.66. The maximum absolute atomic E-state index is 12.9. The Hall–Kier alpha value is -2.66. The van der Waals surface area contributed by atoms with E-state index in [1.807, 2.05) is 61.5 Å². The van der Waals surface area contributed by atoms with Crippen LogP contribution in [0.2, 0.25) is 0 Å². The van der Waals surface area contributed by atoms with Gasteiger partial charge in [-0.05, 0) is 37.3 Å². The Balaban J connectivity index is 1.44. The third-order valence-corrected chi connectivity index (χ3v) is 5.48. The minimum absolute atomic E-state index is 0.0366. The van der Waals surface area contributed by atoms with Crippen LogP contribution < -0.4 is 5.32 Å². The van der Waals surface area contributed by atoms with E-state index in [0.29, 0.717) is 45.4 Å². The van der Waals surface area contributed by atoms with Gasteiger partial charge >= 0.3 is 5.97 Å². The molecule has 5 nitrogen and oxygen atoms in total. The molecule has 0 unspecified atom stereocenters. The first-order valence-corrected chi connectivity index (χ1v) is 10.2. The number of aryl methyl sites for hydroxylation is 2. The van der Waals surface area contributed by atoms with E-state index in [4.69, 9.17) is 9.47 Å². The SMILES string of the molecule is Cc1ccc(CCC(=O)NCCOC(=O)C2(c3ccccc3)CCOCC2)cc1. The highest BCUT2D eigenvalue weighted by Crippen LogP contribution is 2.36. The molecule has 1 aliphatic rings. The molecule has 1 aliphatic heterocycles. The van der Waals surface area contributed by atoms with Crippen molar-refractivity contribution in [3.05, 3.63) is 71.3 Å². The first-order chi connectivity index (χ1) is 14.1. The highest BCUT2D eigenvalue weighted by atomic mass is 16.5. The van der Waals surface area contributed by atoms with Gasteiger partial charge in [0.1, 0.15) is 6.61 Å². The normalized spacial score (nSPS) is 15.5. The Morgan fingerprint density at radius 2 is 1.72 bits per heavy atom. The molecule has 2 aromatic carbocycles. The number of carbonyl (C=O) groups is 2. The van der Waals surface area contributed by atoms with Crippen molar-refractivity contribution in [2.75, 3.05) is 26.4 Å². The van der Waals surface area contributed by atoms with Crippen LogP contribution in [0.3, 0.4) is 0 Å². The number of amides is 1. The van der Waals surface area contributed by atoms with Crippen LogP contribution >= 0.6 is 0 Å². The maximum atomic E-state index is 12.9. The van der Waals surface area contributed by atoms with Crippen LogP contribution in [0.5, 0.6) is 0 Å². The highest BCUT2D eigenvalue weighted by molar-refractivity contribution is 5.83. The Morgan fingerprint density at radius 1 is 1.03 bits per heavy atom. The van der Waals surface area contributed by atoms with Crippen molar-refractivity contribution in [3.8, 4) is 0 Å². The molecule has 29 heavy (non-hydrogen) atoms. The number of rotatable bonds is 8. The summed E-state index contributed by atoms with van der Waals surface area (Å²) in [4.78, 5) is 25.0. The molecule has 0 atom stereocenters. The summed E-state index contributed by atoms with van der Waals surface area (Å²) in [7, 11) is 0. The lowest BCUT2D eigenvalue weighted by Gasteiger charge is -2.35. The largest absolute Gasteiger partial charge is 0.463 e. The molecular formula is C24H29NO4. The van der Waals surface area contributed by atoms with Crippen LogP contribution in [0.4, 0.5) is 0 Å². The summed E-state index contributed by atoms with van der Waals surface area (Å²) >= 11 is 0. The zero-order chi connectivity index (χ0) is 20.5. The van der Waals surface area contributed by atoms with Crippen LogP contribution in [0, 0.1) is 6.92 Å². The van der Waals surface area contributed by atoms with Gasteiger partial charge in [-0.25, -0.2) is 0 Å². The average molecular weight is 395 g/mol. The van der Waals surface area contributed by atoms with Gasteiger partial charge in [-0.2, -0.15) is 0 Å². The summed E-state index contributed by atoms with van der Waals surface area (Å²) in [5.41, 5.74) is 2.66. The summed E-state index contributed by atoms with van der Waals surface area (Å²) in [6.45, 7) is 3.61. The van der Waals surface area contributed by atoms with Crippen LogP contribution in [0.15, 0.2) is 54.6 Å². The van der Waals surface area contributed by atoms with Crippen molar-refractivity contribution < 1.29 is 19.1 Å². The molecule has 2 aromatic rings. The van der Waals surface area contributed by atoms with Gasteiger partial charge in [0.15, 0.2) is 0 Å². The summed E-state index contributed by atoms with van der Waals surface area (Å²) in [6, 6.07) is 17.9. The number of hydrogen-bond donors (Lipinski definition) is 1. The van der Waals surface area contributed by atoms with Gasteiger partial charge in [-0.3, -0.25) is 9.59 Å². The van der Waals surface area contributed by atoms with E-state index in [1.54, 1.807) is 0 Å². The number of nitrogens with one attached hydrogen (secondary N) is 1. The predicted molar refractivity (Wildman–Crippen MR) is 112 cm³/mol. The van der Waals surface area contributed by atoms with Crippen LogP contribution in [0.25, 0.3) is 0 Å². The number of esters is 1. The van der Waals surface area contributed by atoms with E-state index in [2.05, 4.69) is 5.32 Å². The topological polar surface area (TPSA) is 64.6 Å². The molecule has 1 amide bonds. The third kappa shape index (κ3) is 5.67. The molecule has 3 rings (SSSR count). The van der Waals surface area contributed by atoms with Crippen molar-refractivity contribution >= 4 is 11.9 Å². The number of carbonyl (C=O) groups excluding carboxylic acids is 2. The van der Waals surface area contributed by atoms with E-state index in [0.717, 1.165) is 11.1 Å². The van der Waals surface area contributed by atoms with E-state index in [9.17, 15) is 9.59 Å². The Bertz CT molecular complexity index is 795. The van der Waals surface area contributed by atoms with Crippen LogP contribution in [-0.4, -0.2) is 38.2 Å². The lowest BCUT2D eigenvalue weighted by Crippen LogP contribution is -2.43. The standard InChI is InChI=1S/C24H29NO4/c1-19-7-9-20(10-8-19)11-12-22(26)25-15-18-29-23(27)24(13-16-28-17-14-24)21-5-3-2-4-6-21/h2-10H,11-18H2,1H3,(H,25,26). The van der Waals surface area contributed by atoms with E-state index in [1.165, 1.54) is 5.56 Å². The fraction of sp³-hybridized carbons (Fsp3) is 0.417. The molecule has 0 saturated carbocycles. The van der Waals surface area contributed by atoms with Crippen molar-refractivity contribution in [3.63, 3.8) is 0 Å². The monoisotopic (exact) mass is 395 g/mol. The van der Waals surface area contributed by atoms with Crippen LogP contribution in [-0.2, 0) is 30.9 Å². The molecule has 0 bridgehead atoms. The van der Waals surface area contributed by atoms with Crippen LogP contribution in [0.1, 0.15) is 36.0 Å². The summed E-state index contributed by atoms with van der Waals surface area (Å²) in [5.74, 6) is -0.272. The van der Waals surface area contributed by atoms with Gasteiger partial charge in [0.2, 0.25) is 5.91 Å². The minimum atomic E-state index is -0.658. The predicted octanol–water partition coefficient (Wildman–Crippen LogP) is 3.34.